The molecule has 19 heavy (non-hydrogen) atoms. The molecule has 100 valence electrons. The number of benzene rings is 1. The van der Waals surface area contributed by atoms with E-state index in [1.807, 2.05) is 5.38 Å². The lowest BCUT2D eigenvalue weighted by atomic mass is 10.2. The normalized spacial score (nSPS) is 11.9. The first-order valence-electron chi connectivity index (χ1n) is 5.47. The molecule has 2 rings (SSSR count). The van der Waals surface area contributed by atoms with E-state index in [1.165, 1.54) is 11.3 Å². The quantitative estimate of drug-likeness (QED) is 0.869. The minimum absolute atomic E-state index is 0.733. The molecule has 0 bridgehead atoms. The van der Waals surface area contributed by atoms with Crippen molar-refractivity contribution in [1.82, 2.24) is 0 Å². The summed E-state index contributed by atoms with van der Waals surface area (Å²) in [6.45, 7) is 0. The van der Waals surface area contributed by atoms with Crippen molar-refractivity contribution in [2.75, 3.05) is 12.4 Å². The van der Waals surface area contributed by atoms with Crippen LogP contribution in [0.2, 0.25) is 0 Å². The molecule has 1 aromatic carbocycles. The standard InChI is InChI=1S/C13H12BrNO3S/c1-18-10-4-2-9(3-5-10)15-12(13(16)17)11-6-8(14)7-19-11/h2-7,12,15H,1H3,(H,16,17). The van der Waals surface area contributed by atoms with Crippen molar-refractivity contribution in [1.29, 1.82) is 0 Å². The van der Waals surface area contributed by atoms with Gasteiger partial charge in [-0.2, -0.15) is 0 Å². The summed E-state index contributed by atoms with van der Waals surface area (Å²) < 4.78 is 5.95. The zero-order valence-corrected chi connectivity index (χ0v) is 12.5. The number of ether oxygens (including phenoxy) is 1. The maximum Gasteiger partial charge on any atom is 0.331 e. The molecule has 1 aromatic heterocycles. The zero-order chi connectivity index (χ0) is 13.8. The van der Waals surface area contributed by atoms with E-state index in [4.69, 9.17) is 4.74 Å². The van der Waals surface area contributed by atoms with Crippen LogP contribution in [0.25, 0.3) is 0 Å². The van der Waals surface area contributed by atoms with E-state index in [1.54, 1.807) is 37.4 Å². The van der Waals surface area contributed by atoms with Gasteiger partial charge in [-0.15, -0.1) is 11.3 Å². The van der Waals surface area contributed by atoms with Crippen LogP contribution in [0.5, 0.6) is 5.75 Å². The molecule has 0 fully saturated rings. The Morgan fingerprint density at radius 3 is 2.58 bits per heavy atom. The summed E-state index contributed by atoms with van der Waals surface area (Å²) in [7, 11) is 1.59. The maximum absolute atomic E-state index is 11.3. The average Bonchev–Trinajstić information content (AvgIpc) is 2.82. The fourth-order valence-corrected chi connectivity index (χ4v) is 3.07. The number of thiophene rings is 1. The lowest BCUT2D eigenvalue weighted by Crippen LogP contribution is -2.19. The summed E-state index contributed by atoms with van der Waals surface area (Å²) in [6, 6.07) is 8.19. The van der Waals surface area contributed by atoms with E-state index in [-0.39, 0.29) is 0 Å². The van der Waals surface area contributed by atoms with Crippen molar-refractivity contribution < 1.29 is 14.6 Å². The molecule has 0 aliphatic heterocycles. The van der Waals surface area contributed by atoms with Gasteiger partial charge < -0.3 is 15.2 Å². The number of carbonyl (C=O) groups is 1. The van der Waals surface area contributed by atoms with E-state index in [0.717, 1.165) is 20.8 Å². The molecule has 1 heterocycles. The van der Waals surface area contributed by atoms with E-state index in [9.17, 15) is 9.90 Å². The molecular formula is C13H12BrNO3S. The summed E-state index contributed by atoms with van der Waals surface area (Å²) in [5.41, 5.74) is 0.734. The molecule has 0 aliphatic carbocycles. The number of halogens is 1. The van der Waals surface area contributed by atoms with Crippen LogP contribution in [0.4, 0.5) is 5.69 Å². The Morgan fingerprint density at radius 1 is 1.42 bits per heavy atom. The van der Waals surface area contributed by atoms with Gasteiger partial charge in [0.25, 0.3) is 0 Å². The number of nitrogens with one attached hydrogen (secondary N) is 1. The largest absolute Gasteiger partial charge is 0.497 e. The molecule has 0 saturated heterocycles. The van der Waals surface area contributed by atoms with Crippen LogP contribution in [0.3, 0.4) is 0 Å². The van der Waals surface area contributed by atoms with Gasteiger partial charge in [-0.25, -0.2) is 4.79 Å². The number of hydrogen-bond donors (Lipinski definition) is 2. The Kier molecular flexibility index (Phi) is 4.44. The van der Waals surface area contributed by atoms with Crippen LogP contribution >= 0.6 is 27.3 Å². The maximum atomic E-state index is 11.3. The molecule has 2 aromatic rings. The van der Waals surface area contributed by atoms with Gasteiger partial charge in [-0.1, -0.05) is 0 Å². The van der Waals surface area contributed by atoms with Crippen molar-refractivity contribution >= 4 is 38.9 Å². The predicted octanol–water partition coefficient (Wildman–Crippen LogP) is 3.76. The van der Waals surface area contributed by atoms with E-state index >= 15 is 0 Å². The molecule has 0 saturated carbocycles. The highest BCUT2D eigenvalue weighted by atomic mass is 79.9. The van der Waals surface area contributed by atoms with Crippen molar-refractivity contribution in [3.63, 3.8) is 0 Å². The Morgan fingerprint density at radius 2 is 2.11 bits per heavy atom. The predicted molar refractivity (Wildman–Crippen MR) is 79.0 cm³/mol. The van der Waals surface area contributed by atoms with Crippen molar-refractivity contribution in [3.05, 3.63) is 45.1 Å². The van der Waals surface area contributed by atoms with Crippen LogP contribution < -0.4 is 10.1 Å². The molecule has 0 radical (unpaired) electrons. The Bertz CT molecular complexity index is 568. The smallest absolute Gasteiger partial charge is 0.331 e. The van der Waals surface area contributed by atoms with Gasteiger partial charge in [-0.05, 0) is 46.3 Å². The summed E-state index contributed by atoms with van der Waals surface area (Å²) in [5, 5.41) is 14.2. The van der Waals surface area contributed by atoms with Crippen molar-refractivity contribution in [3.8, 4) is 5.75 Å². The number of carboxylic acids is 1. The third kappa shape index (κ3) is 3.48. The molecule has 0 spiro atoms. The fraction of sp³-hybridized carbons (Fsp3) is 0.154. The summed E-state index contributed by atoms with van der Waals surface area (Å²) >= 11 is 4.73. The Hall–Kier alpha value is -1.53. The van der Waals surface area contributed by atoms with E-state index in [0.29, 0.717) is 0 Å². The highest BCUT2D eigenvalue weighted by molar-refractivity contribution is 9.10. The van der Waals surface area contributed by atoms with Gasteiger partial charge in [0.2, 0.25) is 0 Å². The second-order valence-corrected chi connectivity index (χ2v) is 5.67. The van der Waals surface area contributed by atoms with Gasteiger partial charge in [0.1, 0.15) is 5.75 Å². The monoisotopic (exact) mass is 341 g/mol. The zero-order valence-electron chi connectivity index (χ0n) is 10.1. The van der Waals surface area contributed by atoms with Gasteiger partial charge in [0.15, 0.2) is 6.04 Å². The number of anilines is 1. The number of carboxylic acid groups (broad SMARTS) is 1. The van der Waals surface area contributed by atoms with Crippen molar-refractivity contribution in [2.45, 2.75) is 6.04 Å². The van der Waals surface area contributed by atoms with Gasteiger partial charge in [0, 0.05) is 20.4 Å². The molecule has 4 nitrogen and oxygen atoms in total. The van der Waals surface area contributed by atoms with Gasteiger partial charge >= 0.3 is 5.97 Å². The molecule has 0 amide bonds. The first kappa shape index (κ1) is 13.9. The lowest BCUT2D eigenvalue weighted by molar-refractivity contribution is -0.138. The van der Waals surface area contributed by atoms with Crippen LogP contribution in [-0.4, -0.2) is 18.2 Å². The van der Waals surface area contributed by atoms with E-state index < -0.39 is 12.0 Å². The van der Waals surface area contributed by atoms with Gasteiger partial charge in [-0.3, -0.25) is 0 Å². The Labute approximate surface area is 123 Å². The topological polar surface area (TPSA) is 58.6 Å². The summed E-state index contributed by atoms with van der Waals surface area (Å²) in [5.74, 6) is -0.179. The first-order valence-corrected chi connectivity index (χ1v) is 7.14. The number of rotatable bonds is 5. The van der Waals surface area contributed by atoms with Crippen LogP contribution in [0, 0.1) is 0 Å². The average molecular weight is 342 g/mol. The SMILES string of the molecule is COc1ccc(NC(C(=O)O)c2cc(Br)cs2)cc1. The second kappa shape index (κ2) is 6.08. The number of aliphatic carboxylic acids is 1. The molecule has 1 atom stereocenters. The summed E-state index contributed by atoms with van der Waals surface area (Å²) in [4.78, 5) is 12.1. The van der Waals surface area contributed by atoms with Crippen LogP contribution in [0.15, 0.2) is 40.2 Å². The van der Waals surface area contributed by atoms with Crippen LogP contribution in [0.1, 0.15) is 10.9 Å². The minimum Gasteiger partial charge on any atom is -0.497 e. The Balaban J connectivity index is 2.18. The third-order valence-corrected chi connectivity index (χ3v) is 4.28. The highest BCUT2D eigenvalue weighted by Crippen LogP contribution is 2.29. The molecule has 1 unspecified atom stereocenters. The molecule has 6 heteroatoms. The lowest BCUT2D eigenvalue weighted by Gasteiger charge is -2.14. The first-order chi connectivity index (χ1) is 9.10. The minimum atomic E-state index is -0.912. The van der Waals surface area contributed by atoms with Crippen LogP contribution in [-0.2, 0) is 4.79 Å². The van der Waals surface area contributed by atoms with Crippen molar-refractivity contribution in [2.24, 2.45) is 0 Å². The fourth-order valence-electron chi connectivity index (χ4n) is 1.59. The summed E-state index contributed by atoms with van der Waals surface area (Å²) in [6.07, 6.45) is 0. The number of hydrogen-bond acceptors (Lipinski definition) is 4. The van der Waals surface area contributed by atoms with E-state index in [2.05, 4.69) is 21.2 Å². The second-order valence-electron chi connectivity index (χ2n) is 3.81. The molecular weight excluding hydrogens is 330 g/mol. The molecule has 0 aliphatic rings. The number of methoxy groups -OCH3 is 1. The highest BCUT2D eigenvalue weighted by Gasteiger charge is 2.21. The van der Waals surface area contributed by atoms with Gasteiger partial charge in [0.05, 0.1) is 7.11 Å². The molecule has 2 N–H and O–H groups in total. The third-order valence-electron chi connectivity index (χ3n) is 2.52.